The molecule has 0 radical (unpaired) electrons. The summed E-state index contributed by atoms with van der Waals surface area (Å²) in [6.07, 6.45) is -4.54. The summed E-state index contributed by atoms with van der Waals surface area (Å²) in [6, 6.07) is 3.43. The highest BCUT2D eigenvalue weighted by atomic mass is 32.1. The van der Waals surface area contributed by atoms with Crippen molar-refractivity contribution in [2.45, 2.75) is 19.1 Å². The molecule has 1 aromatic rings. The van der Waals surface area contributed by atoms with Crippen molar-refractivity contribution in [1.82, 2.24) is 5.32 Å². The van der Waals surface area contributed by atoms with E-state index in [9.17, 15) is 13.2 Å². The topological polar surface area (TPSA) is 70.6 Å². The monoisotopic (exact) mass is 281 g/mol. The maximum absolute atomic E-state index is 12.6. The Bertz CT molecular complexity index is 392. The summed E-state index contributed by atoms with van der Waals surface area (Å²) in [5.41, 5.74) is 5.05. The van der Waals surface area contributed by atoms with Crippen LogP contribution in [-0.2, 0) is 0 Å². The molecule has 0 aromatic carbocycles. The first-order valence-corrected chi connectivity index (χ1v) is 6.05. The van der Waals surface area contributed by atoms with Crippen LogP contribution in [0.4, 0.5) is 13.2 Å². The lowest BCUT2D eigenvalue weighted by Gasteiger charge is -2.21. The van der Waals surface area contributed by atoms with E-state index in [2.05, 4.69) is 10.5 Å². The van der Waals surface area contributed by atoms with E-state index in [0.29, 0.717) is 0 Å². The van der Waals surface area contributed by atoms with Gasteiger partial charge in [0.25, 0.3) is 0 Å². The first-order chi connectivity index (χ1) is 8.36. The lowest BCUT2D eigenvalue weighted by Crippen LogP contribution is -2.43. The quantitative estimate of drug-likeness (QED) is 0.336. The Morgan fingerprint density at radius 3 is 2.72 bits per heavy atom. The zero-order chi connectivity index (χ0) is 13.8. The zero-order valence-corrected chi connectivity index (χ0v) is 10.4. The Hall–Kier alpha value is -1.28. The molecule has 0 amide bonds. The number of nitrogens with one attached hydrogen (secondary N) is 1. The summed E-state index contributed by atoms with van der Waals surface area (Å²) < 4.78 is 37.9. The number of rotatable bonds is 5. The van der Waals surface area contributed by atoms with Crippen molar-refractivity contribution in [2.24, 2.45) is 16.8 Å². The minimum Gasteiger partial charge on any atom is -0.409 e. The number of hydrogen-bond donors (Lipinski definition) is 3. The largest absolute Gasteiger partial charge is 0.409 e. The Kier molecular flexibility index (Phi) is 4.97. The third kappa shape index (κ3) is 3.88. The van der Waals surface area contributed by atoms with Crippen molar-refractivity contribution in [2.75, 3.05) is 6.54 Å². The van der Waals surface area contributed by atoms with Gasteiger partial charge in [-0.2, -0.15) is 13.2 Å². The van der Waals surface area contributed by atoms with Crippen LogP contribution in [0, 0.1) is 5.92 Å². The molecule has 0 saturated heterocycles. The summed E-state index contributed by atoms with van der Waals surface area (Å²) in [5.74, 6) is -2.83. The van der Waals surface area contributed by atoms with Gasteiger partial charge in [-0.05, 0) is 18.4 Å². The van der Waals surface area contributed by atoms with Crippen LogP contribution in [0.25, 0.3) is 0 Å². The Morgan fingerprint density at radius 2 is 2.28 bits per heavy atom. The van der Waals surface area contributed by atoms with Gasteiger partial charge in [0.15, 0.2) is 5.84 Å². The predicted octanol–water partition coefficient (Wildman–Crippen LogP) is 2.32. The molecule has 0 bridgehead atoms. The van der Waals surface area contributed by atoms with E-state index in [1.165, 1.54) is 11.3 Å². The van der Waals surface area contributed by atoms with Gasteiger partial charge in [0.2, 0.25) is 0 Å². The third-order valence-electron chi connectivity index (χ3n) is 2.47. The standard InChI is InChI=1S/C10H14F3N3OS/c1-6(8-3-2-4-18-8)15-5-7(9(14)16-17)10(11,12)13/h2-4,6-7,15,17H,5H2,1H3,(H2,14,16). The van der Waals surface area contributed by atoms with Crippen LogP contribution < -0.4 is 11.1 Å². The maximum Gasteiger partial charge on any atom is 0.400 e. The molecule has 0 saturated carbocycles. The molecule has 8 heteroatoms. The fraction of sp³-hybridized carbons (Fsp3) is 0.500. The van der Waals surface area contributed by atoms with Gasteiger partial charge in [-0.3, -0.25) is 0 Å². The molecule has 0 aliphatic carbocycles. The highest BCUT2D eigenvalue weighted by molar-refractivity contribution is 7.10. The van der Waals surface area contributed by atoms with Crippen LogP contribution in [0.15, 0.2) is 22.7 Å². The SMILES string of the molecule is CC(NCC(/C(N)=N/O)C(F)(F)F)c1cccs1. The summed E-state index contributed by atoms with van der Waals surface area (Å²) in [7, 11) is 0. The molecule has 18 heavy (non-hydrogen) atoms. The molecule has 1 rings (SSSR count). The maximum atomic E-state index is 12.6. The Morgan fingerprint density at radius 1 is 1.61 bits per heavy atom. The molecule has 1 heterocycles. The number of thiophene rings is 1. The third-order valence-corrected chi connectivity index (χ3v) is 3.52. The van der Waals surface area contributed by atoms with E-state index in [1.54, 1.807) is 6.92 Å². The van der Waals surface area contributed by atoms with Gasteiger partial charge in [0.1, 0.15) is 5.92 Å². The van der Waals surface area contributed by atoms with Crippen LogP contribution in [-0.4, -0.2) is 23.8 Å². The van der Waals surface area contributed by atoms with Crippen molar-refractivity contribution in [3.63, 3.8) is 0 Å². The van der Waals surface area contributed by atoms with Crippen molar-refractivity contribution in [1.29, 1.82) is 0 Å². The number of halogens is 3. The van der Waals surface area contributed by atoms with Crippen molar-refractivity contribution >= 4 is 17.2 Å². The molecule has 0 aliphatic heterocycles. The molecule has 2 atom stereocenters. The number of oxime groups is 1. The van der Waals surface area contributed by atoms with Crippen molar-refractivity contribution < 1.29 is 18.4 Å². The minimum atomic E-state index is -4.54. The average Bonchev–Trinajstić information content (AvgIpc) is 2.80. The van der Waals surface area contributed by atoms with Gasteiger partial charge < -0.3 is 16.3 Å². The molecule has 0 fully saturated rings. The van der Waals surface area contributed by atoms with Crippen LogP contribution in [0.2, 0.25) is 0 Å². The number of nitrogens with two attached hydrogens (primary N) is 1. The molecule has 0 spiro atoms. The van der Waals surface area contributed by atoms with Crippen LogP contribution in [0.1, 0.15) is 17.8 Å². The van der Waals surface area contributed by atoms with E-state index in [-0.39, 0.29) is 6.04 Å². The van der Waals surface area contributed by atoms with E-state index in [1.807, 2.05) is 17.5 Å². The normalized spacial score (nSPS) is 16.6. The van der Waals surface area contributed by atoms with Gasteiger partial charge in [-0.1, -0.05) is 11.2 Å². The summed E-state index contributed by atoms with van der Waals surface area (Å²) >= 11 is 1.45. The molecule has 1 aromatic heterocycles. The van der Waals surface area contributed by atoms with E-state index in [0.717, 1.165) is 4.88 Å². The number of nitrogens with zero attached hydrogens (tertiary/aromatic N) is 1. The van der Waals surface area contributed by atoms with Gasteiger partial charge in [0, 0.05) is 17.5 Å². The Balaban J connectivity index is 2.63. The molecule has 4 nitrogen and oxygen atoms in total. The molecule has 0 aliphatic rings. The number of hydrogen-bond acceptors (Lipinski definition) is 4. The number of alkyl halides is 3. The molecule has 4 N–H and O–H groups in total. The second-order valence-electron chi connectivity index (χ2n) is 3.76. The summed E-state index contributed by atoms with van der Waals surface area (Å²) in [5, 5.41) is 15.4. The first-order valence-electron chi connectivity index (χ1n) is 5.17. The fourth-order valence-corrected chi connectivity index (χ4v) is 2.15. The highest BCUT2D eigenvalue weighted by Crippen LogP contribution is 2.27. The molecule has 102 valence electrons. The average molecular weight is 281 g/mol. The van der Waals surface area contributed by atoms with E-state index >= 15 is 0 Å². The summed E-state index contributed by atoms with van der Waals surface area (Å²) in [4.78, 5) is 0.926. The van der Waals surface area contributed by atoms with Crippen LogP contribution >= 0.6 is 11.3 Å². The van der Waals surface area contributed by atoms with Gasteiger partial charge in [-0.25, -0.2) is 0 Å². The minimum absolute atomic E-state index is 0.221. The fourth-order valence-electron chi connectivity index (χ4n) is 1.39. The van der Waals surface area contributed by atoms with E-state index < -0.39 is 24.5 Å². The summed E-state index contributed by atoms with van der Waals surface area (Å²) in [6.45, 7) is 1.32. The van der Waals surface area contributed by atoms with Crippen LogP contribution in [0.5, 0.6) is 0 Å². The molecule has 2 unspecified atom stereocenters. The molecular formula is C10H14F3N3OS. The Labute approximate surface area is 106 Å². The molecular weight excluding hydrogens is 267 g/mol. The van der Waals surface area contributed by atoms with Crippen molar-refractivity contribution in [3.8, 4) is 0 Å². The number of amidine groups is 1. The lowest BCUT2D eigenvalue weighted by atomic mass is 10.1. The zero-order valence-electron chi connectivity index (χ0n) is 9.61. The predicted molar refractivity (Wildman–Crippen MR) is 63.7 cm³/mol. The lowest BCUT2D eigenvalue weighted by molar-refractivity contribution is -0.155. The van der Waals surface area contributed by atoms with Crippen molar-refractivity contribution in [3.05, 3.63) is 22.4 Å². The smallest absolute Gasteiger partial charge is 0.400 e. The highest BCUT2D eigenvalue weighted by Gasteiger charge is 2.42. The van der Waals surface area contributed by atoms with Gasteiger partial charge in [-0.15, -0.1) is 11.3 Å². The second kappa shape index (κ2) is 6.05. The van der Waals surface area contributed by atoms with Gasteiger partial charge in [0.05, 0.1) is 0 Å². The first kappa shape index (κ1) is 14.8. The van der Waals surface area contributed by atoms with Gasteiger partial charge >= 0.3 is 6.18 Å². The van der Waals surface area contributed by atoms with Crippen LogP contribution in [0.3, 0.4) is 0 Å². The van der Waals surface area contributed by atoms with E-state index in [4.69, 9.17) is 10.9 Å². The second-order valence-corrected chi connectivity index (χ2v) is 4.74.